The third kappa shape index (κ3) is 4.60. The van der Waals surface area contributed by atoms with E-state index in [4.69, 9.17) is 9.47 Å². The Balaban J connectivity index is 1.84. The summed E-state index contributed by atoms with van der Waals surface area (Å²) in [6, 6.07) is 15.1. The smallest absolute Gasteiger partial charge is 0.310 e. The van der Waals surface area contributed by atoms with Crippen molar-refractivity contribution in [2.45, 2.75) is 32.6 Å². The summed E-state index contributed by atoms with van der Waals surface area (Å²) in [4.78, 5) is 25.2. The zero-order chi connectivity index (χ0) is 19.9. The first-order valence-electron chi connectivity index (χ1n) is 9.56. The fraction of sp³-hybridized carbons (Fsp3) is 0.304. The number of esters is 1. The molecule has 2 aromatic carbocycles. The van der Waals surface area contributed by atoms with Gasteiger partial charge in [-0.3, -0.25) is 9.59 Å². The molecule has 0 aromatic heterocycles. The fourth-order valence-electron chi connectivity index (χ4n) is 3.23. The molecule has 5 nitrogen and oxygen atoms in total. The summed E-state index contributed by atoms with van der Waals surface area (Å²) in [6.45, 7) is 2.02. The first kappa shape index (κ1) is 19.7. The van der Waals surface area contributed by atoms with E-state index in [0.717, 1.165) is 24.0 Å². The highest BCUT2D eigenvalue weighted by molar-refractivity contribution is 5.97. The maximum atomic E-state index is 13.1. The van der Waals surface area contributed by atoms with Crippen molar-refractivity contribution in [1.29, 1.82) is 0 Å². The number of nitrogens with one attached hydrogen (secondary N) is 1. The highest BCUT2D eigenvalue weighted by atomic mass is 16.5. The fourth-order valence-corrected chi connectivity index (χ4v) is 3.23. The monoisotopic (exact) mass is 379 g/mol. The number of hydrogen-bond donors (Lipinski definition) is 1. The van der Waals surface area contributed by atoms with Crippen LogP contribution in [0.15, 0.2) is 54.3 Å². The molecule has 1 unspecified atom stereocenters. The molecule has 0 bridgehead atoms. The molecule has 0 saturated carbocycles. The largest absolute Gasteiger partial charge is 0.495 e. The lowest BCUT2D eigenvalue weighted by atomic mass is 9.87. The van der Waals surface area contributed by atoms with Gasteiger partial charge >= 0.3 is 5.97 Å². The van der Waals surface area contributed by atoms with Gasteiger partial charge in [0.05, 0.1) is 12.8 Å². The molecule has 0 saturated heterocycles. The topological polar surface area (TPSA) is 64.6 Å². The summed E-state index contributed by atoms with van der Waals surface area (Å²) < 4.78 is 10.9. The van der Waals surface area contributed by atoms with Crippen molar-refractivity contribution in [2.24, 2.45) is 5.92 Å². The van der Waals surface area contributed by atoms with Crippen molar-refractivity contribution in [3.63, 3.8) is 0 Å². The lowest BCUT2D eigenvalue weighted by molar-refractivity contribution is -0.140. The highest BCUT2D eigenvalue weighted by Crippen LogP contribution is 2.32. The summed E-state index contributed by atoms with van der Waals surface area (Å²) in [6.07, 6.45) is 4.30. The molecule has 0 heterocycles. The van der Waals surface area contributed by atoms with E-state index in [9.17, 15) is 9.59 Å². The molecule has 2 aromatic rings. The molecule has 0 fully saturated rings. The zero-order valence-corrected chi connectivity index (χ0v) is 16.2. The van der Waals surface area contributed by atoms with Crippen LogP contribution in [0.3, 0.4) is 0 Å². The van der Waals surface area contributed by atoms with Crippen molar-refractivity contribution in [3.8, 4) is 5.75 Å². The molecule has 3 rings (SSSR count). The van der Waals surface area contributed by atoms with Crippen LogP contribution >= 0.6 is 0 Å². The van der Waals surface area contributed by atoms with Crippen LogP contribution in [0, 0.1) is 5.92 Å². The number of para-hydroxylation sites is 2. The second-order valence-electron chi connectivity index (χ2n) is 6.77. The first-order valence-corrected chi connectivity index (χ1v) is 9.56. The standard InChI is InChI=1S/C23H25NO4/c1-3-4-13-22(25)28-21-15-17-10-6-5-9-16(17)14-18(21)23(26)24-19-11-7-8-12-20(19)27-2/h5-12,15,18H,3-4,13-14H2,1-2H3,(H,24,26). The Morgan fingerprint density at radius 3 is 2.64 bits per heavy atom. The third-order valence-electron chi connectivity index (χ3n) is 4.77. The van der Waals surface area contributed by atoms with E-state index < -0.39 is 5.92 Å². The quantitative estimate of drug-likeness (QED) is 0.715. The second-order valence-corrected chi connectivity index (χ2v) is 6.77. The molecule has 28 heavy (non-hydrogen) atoms. The summed E-state index contributed by atoms with van der Waals surface area (Å²) in [7, 11) is 1.56. The van der Waals surface area contributed by atoms with E-state index in [0.29, 0.717) is 30.0 Å². The van der Waals surface area contributed by atoms with Crippen molar-refractivity contribution in [1.82, 2.24) is 0 Å². The molecule has 1 N–H and O–H groups in total. The van der Waals surface area contributed by atoms with Crippen LogP contribution in [0.25, 0.3) is 6.08 Å². The Kier molecular flexibility index (Phi) is 6.48. The molecule has 5 heteroatoms. The minimum Gasteiger partial charge on any atom is -0.495 e. The Hall–Kier alpha value is -3.08. The zero-order valence-electron chi connectivity index (χ0n) is 16.2. The summed E-state index contributed by atoms with van der Waals surface area (Å²) in [5, 5.41) is 2.91. The van der Waals surface area contributed by atoms with E-state index in [1.807, 2.05) is 43.3 Å². The first-order chi connectivity index (χ1) is 13.6. The van der Waals surface area contributed by atoms with Gasteiger partial charge in [0.15, 0.2) is 0 Å². The molecule has 1 amide bonds. The van der Waals surface area contributed by atoms with Gasteiger partial charge in [0, 0.05) is 6.42 Å². The van der Waals surface area contributed by atoms with Crippen molar-refractivity contribution in [2.75, 3.05) is 12.4 Å². The number of anilines is 1. The number of methoxy groups -OCH3 is 1. The van der Waals surface area contributed by atoms with Crippen LogP contribution in [0.5, 0.6) is 5.75 Å². The number of carbonyl (C=O) groups excluding carboxylic acids is 2. The Morgan fingerprint density at radius 2 is 1.86 bits per heavy atom. The van der Waals surface area contributed by atoms with Crippen LogP contribution in [0.2, 0.25) is 0 Å². The van der Waals surface area contributed by atoms with Crippen LogP contribution in [0.1, 0.15) is 37.3 Å². The van der Waals surface area contributed by atoms with Gasteiger partial charge in [-0.15, -0.1) is 0 Å². The number of amides is 1. The number of carbonyl (C=O) groups is 2. The van der Waals surface area contributed by atoms with E-state index in [2.05, 4.69) is 5.32 Å². The molecule has 0 spiro atoms. The van der Waals surface area contributed by atoms with Crippen LogP contribution in [-0.4, -0.2) is 19.0 Å². The third-order valence-corrected chi connectivity index (χ3v) is 4.77. The number of hydrogen-bond acceptors (Lipinski definition) is 4. The van der Waals surface area contributed by atoms with Gasteiger partial charge < -0.3 is 14.8 Å². The highest BCUT2D eigenvalue weighted by Gasteiger charge is 2.31. The lowest BCUT2D eigenvalue weighted by Crippen LogP contribution is -2.30. The predicted octanol–water partition coefficient (Wildman–Crippen LogP) is 4.58. The minimum atomic E-state index is -0.578. The van der Waals surface area contributed by atoms with Gasteiger partial charge in [0.2, 0.25) is 5.91 Å². The van der Waals surface area contributed by atoms with Gasteiger partial charge in [-0.1, -0.05) is 49.7 Å². The van der Waals surface area contributed by atoms with E-state index in [1.54, 1.807) is 25.3 Å². The summed E-state index contributed by atoms with van der Waals surface area (Å²) >= 11 is 0. The molecule has 146 valence electrons. The molecule has 1 aliphatic carbocycles. The normalized spacial score (nSPS) is 15.2. The van der Waals surface area contributed by atoms with E-state index in [-0.39, 0.29) is 11.9 Å². The number of fused-ring (bicyclic) bond motifs is 1. The van der Waals surface area contributed by atoms with Crippen LogP contribution < -0.4 is 10.1 Å². The Labute approximate surface area is 165 Å². The number of unbranched alkanes of at least 4 members (excludes halogenated alkanes) is 1. The van der Waals surface area contributed by atoms with Crippen molar-refractivity contribution in [3.05, 3.63) is 65.4 Å². The molecular weight excluding hydrogens is 354 g/mol. The molecule has 0 aliphatic heterocycles. The second kappa shape index (κ2) is 9.22. The van der Waals surface area contributed by atoms with E-state index >= 15 is 0 Å². The van der Waals surface area contributed by atoms with Gasteiger partial charge in [-0.05, 0) is 42.2 Å². The molecule has 1 aliphatic rings. The average Bonchev–Trinajstić information content (AvgIpc) is 2.72. The number of ether oxygens (including phenoxy) is 2. The number of rotatable bonds is 7. The predicted molar refractivity (Wildman–Crippen MR) is 109 cm³/mol. The van der Waals surface area contributed by atoms with Crippen molar-refractivity contribution >= 4 is 23.6 Å². The summed E-state index contributed by atoms with van der Waals surface area (Å²) in [5.41, 5.74) is 2.61. The SMILES string of the molecule is CCCCC(=O)OC1=Cc2ccccc2CC1C(=O)Nc1ccccc1OC. The van der Waals surface area contributed by atoms with Crippen LogP contribution in [-0.2, 0) is 20.7 Å². The summed E-state index contributed by atoms with van der Waals surface area (Å²) in [5.74, 6) is -0.133. The molecule has 0 radical (unpaired) electrons. The minimum absolute atomic E-state index is 0.228. The van der Waals surface area contributed by atoms with Gasteiger partial charge in [0.25, 0.3) is 0 Å². The maximum Gasteiger partial charge on any atom is 0.310 e. The van der Waals surface area contributed by atoms with Gasteiger partial charge in [0.1, 0.15) is 17.4 Å². The Morgan fingerprint density at radius 1 is 1.11 bits per heavy atom. The molecular formula is C23H25NO4. The van der Waals surface area contributed by atoms with Crippen LogP contribution in [0.4, 0.5) is 5.69 Å². The van der Waals surface area contributed by atoms with E-state index in [1.165, 1.54) is 0 Å². The van der Waals surface area contributed by atoms with Gasteiger partial charge in [-0.25, -0.2) is 0 Å². The lowest BCUT2D eigenvalue weighted by Gasteiger charge is -2.25. The van der Waals surface area contributed by atoms with Crippen molar-refractivity contribution < 1.29 is 19.1 Å². The Bertz CT molecular complexity index is 888. The average molecular weight is 379 g/mol. The number of benzene rings is 2. The molecule has 1 atom stereocenters. The maximum absolute atomic E-state index is 13.1. The van der Waals surface area contributed by atoms with Gasteiger partial charge in [-0.2, -0.15) is 0 Å².